The number of ether oxygens (including phenoxy) is 1. The molecule has 0 bridgehead atoms. The average molecular weight is 353 g/mol. The molecule has 1 aliphatic carbocycles. The smallest absolute Gasteiger partial charge is 0.309 e. The zero-order chi connectivity index (χ0) is 15.8. The van der Waals surface area contributed by atoms with Gasteiger partial charge in [0.05, 0.1) is 27.2 Å². The Morgan fingerprint density at radius 1 is 1.33 bits per heavy atom. The summed E-state index contributed by atoms with van der Waals surface area (Å²) in [6, 6.07) is 4.14. The number of rotatable bonds is 4. The standard InChI is InChI=1S/C13H14Cl2O5S/c1-20-11-6-8(5-9(11)13(16)17)21(18,19)12-3-2-7(14)4-10(12)15/h2-4,8-9,11H,5-6H2,1H3,(H,16,17)/t8-,9-,11-/m1/s1. The highest BCUT2D eigenvalue weighted by atomic mass is 35.5. The van der Waals surface area contributed by atoms with Crippen LogP contribution >= 0.6 is 23.2 Å². The summed E-state index contributed by atoms with van der Waals surface area (Å²) in [6.45, 7) is 0. The van der Waals surface area contributed by atoms with Crippen LogP contribution in [0.4, 0.5) is 0 Å². The summed E-state index contributed by atoms with van der Waals surface area (Å²) < 4.78 is 30.3. The van der Waals surface area contributed by atoms with Crippen LogP contribution in [0.5, 0.6) is 0 Å². The first-order chi connectivity index (χ1) is 9.77. The normalized spacial score (nSPS) is 26.0. The number of halogens is 2. The molecule has 0 saturated heterocycles. The second-order valence-corrected chi connectivity index (χ2v) is 7.97. The van der Waals surface area contributed by atoms with Gasteiger partial charge in [-0.3, -0.25) is 4.79 Å². The van der Waals surface area contributed by atoms with Crippen LogP contribution in [-0.4, -0.2) is 38.0 Å². The summed E-state index contributed by atoms with van der Waals surface area (Å²) in [4.78, 5) is 11.1. The van der Waals surface area contributed by atoms with Crippen molar-refractivity contribution in [2.45, 2.75) is 29.1 Å². The molecule has 1 saturated carbocycles. The second-order valence-electron chi connectivity index (χ2n) is 4.93. The minimum atomic E-state index is -3.73. The van der Waals surface area contributed by atoms with Gasteiger partial charge >= 0.3 is 5.97 Å². The molecule has 2 rings (SSSR count). The van der Waals surface area contributed by atoms with Gasteiger partial charge in [-0.05, 0) is 31.0 Å². The SMILES string of the molecule is CO[C@@H]1C[C@H](S(=O)(=O)c2ccc(Cl)cc2Cl)C[C@H]1C(=O)O. The Bertz CT molecular complexity index is 659. The van der Waals surface area contributed by atoms with E-state index in [-0.39, 0.29) is 22.8 Å². The third-order valence-corrected chi connectivity index (χ3v) is 6.61. The molecule has 1 aromatic rings. The Labute approximate surface area is 132 Å². The quantitative estimate of drug-likeness (QED) is 0.900. The number of carboxylic acid groups (broad SMARTS) is 1. The Morgan fingerprint density at radius 3 is 2.48 bits per heavy atom. The number of benzene rings is 1. The number of methoxy groups -OCH3 is 1. The van der Waals surface area contributed by atoms with Gasteiger partial charge in [-0.1, -0.05) is 23.2 Å². The molecule has 8 heteroatoms. The molecule has 1 aliphatic rings. The molecular weight excluding hydrogens is 339 g/mol. The monoisotopic (exact) mass is 352 g/mol. The van der Waals surface area contributed by atoms with Crippen LogP contribution in [-0.2, 0) is 19.4 Å². The van der Waals surface area contributed by atoms with Gasteiger partial charge in [-0.25, -0.2) is 8.42 Å². The van der Waals surface area contributed by atoms with E-state index in [0.717, 1.165) is 0 Å². The maximum Gasteiger partial charge on any atom is 0.309 e. The lowest BCUT2D eigenvalue weighted by atomic mass is 10.1. The van der Waals surface area contributed by atoms with Crippen molar-refractivity contribution in [2.24, 2.45) is 5.92 Å². The first-order valence-electron chi connectivity index (χ1n) is 6.22. The first-order valence-corrected chi connectivity index (χ1v) is 8.52. The highest BCUT2D eigenvalue weighted by Gasteiger charge is 2.45. The highest BCUT2D eigenvalue weighted by Crippen LogP contribution is 2.38. The molecule has 116 valence electrons. The molecule has 1 N–H and O–H groups in total. The molecule has 0 amide bonds. The van der Waals surface area contributed by atoms with Crippen molar-refractivity contribution in [1.82, 2.24) is 0 Å². The van der Waals surface area contributed by atoms with Gasteiger partial charge in [0.1, 0.15) is 0 Å². The Hall–Kier alpha value is -0.820. The van der Waals surface area contributed by atoms with Gasteiger partial charge in [0.15, 0.2) is 9.84 Å². The number of hydrogen-bond acceptors (Lipinski definition) is 4. The summed E-state index contributed by atoms with van der Waals surface area (Å²) in [5.41, 5.74) is 0. The van der Waals surface area contributed by atoms with E-state index in [1.165, 1.54) is 25.3 Å². The van der Waals surface area contributed by atoms with Crippen LogP contribution in [0.2, 0.25) is 10.0 Å². The molecule has 1 fully saturated rings. The summed E-state index contributed by atoms with van der Waals surface area (Å²) in [6.07, 6.45) is -0.475. The number of sulfone groups is 1. The molecule has 1 aromatic carbocycles. The first kappa shape index (κ1) is 16.5. The predicted molar refractivity (Wildman–Crippen MR) is 78.6 cm³/mol. The molecule has 0 aromatic heterocycles. The number of carbonyl (C=O) groups is 1. The fourth-order valence-corrected chi connectivity index (χ4v) is 5.20. The van der Waals surface area contributed by atoms with E-state index < -0.39 is 33.1 Å². The lowest BCUT2D eigenvalue weighted by molar-refractivity contribution is -0.145. The molecule has 0 radical (unpaired) electrons. The van der Waals surface area contributed by atoms with Crippen LogP contribution in [0.25, 0.3) is 0 Å². The van der Waals surface area contributed by atoms with Gasteiger partial charge in [0.25, 0.3) is 0 Å². The van der Waals surface area contributed by atoms with Gasteiger partial charge in [-0.2, -0.15) is 0 Å². The van der Waals surface area contributed by atoms with Crippen molar-refractivity contribution in [3.05, 3.63) is 28.2 Å². The van der Waals surface area contributed by atoms with Crippen LogP contribution < -0.4 is 0 Å². The zero-order valence-electron chi connectivity index (χ0n) is 11.1. The van der Waals surface area contributed by atoms with E-state index >= 15 is 0 Å². The van der Waals surface area contributed by atoms with Crippen molar-refractivity contribution >= 4 is 39.0 Å². The Kier molecular flexibility index (Phi) is 4.82. The molecule has 0 unspecified atom stereocenters. The van der Waals surface area contributed by atoms with Gasteiger partial charge < -0.3 is 9.84 Å². The van der Waals surface area contributed by atoms with E-state index in [2.05, 4.69) is 0 Å². The molecule has 0 spiro atoms. The largest absolute Gasteiger partial charge is 0.481 e. The van der Waals surface area contributed by atoms with Crippen molar-refractivity contribution in [3.8, 4) is 0 Å². The van der Waals surface area contributed by atoms with Crippen molar-refractivity contribution in [2.75, 3.05) is 7.11 Å². The summed E-state index contributed by atoms with van der Waals surface area (Å²) in [7, 11) is -2.35. The number of aliphatic carboxylic acids is 1. The number of hydrogen-bond donors (Lipinski definition) is 1. The molecule has 5 nitrogen and oxygen atoms in total. The number of carboxylic acids is 1. The van der Waals surface area contributed by atoms with Crippen LogP contribution in [0.3, 0.4) is 0 Å². The summed E-state index contributed by atoms with van der Waals surface area (Å²) in [5, 5.41) is 8.68. The Morgan fingerprint density at radius 2 is 2.00 bits per heavy atom. The third kappa shape index (κ3) is 3.18. The van der Waals surface area contributed by atoms with Gasteiger partial charge in [-0.15, -0.1) is 0 Å². The zero-order valence-corrected chi connectivity index (χ0v) is 13.5. The Balaban J connectivity index is 2.35. The van der Waals surface area contributed by atoms with E-state index in [1.54, 1.807) is 0 Å². The lowest BCUT2D eigenvalue weighted by Crippen LogP contribution is -2.24. The molecule has 3 atom stereocenters. The maximum atomic E-state index is 12.6. The summed E-state index contributed by atoms with van der Waals surface area (Å²) >= 11 is 11.7. The van der Waals surface area contributed by atoms with Gasteiger partial charge in [0.2, 0.25) is 0 Å². The minimum absolute atomic E-state index is 0.00906. The molecule has 21 heavy (non-hydrogen) atoms. The highest BCUT2D eigenvalue weighted by molar-refractivity contribution is 7.92. The molecular formula is C13H14Cl2O5S. The van der Waals surface area contributed by atoms with E-state index in [1.807, 2.05) is 0 Å². The molecule has 0 heterocycles. The van der Waals surface area contributed by atoms with Crippen molar-refractivity contribution in [1.29, 1.82) is 0 Å². The molecule has 0 aliphatic heterocycles. The van der Waals surface area contributed by atoms with Gasteiger partial charge in [0, 0.05) is 12.1 Å². The summed E-state index contributed by atoms with van der Waals surface area (Å²) in [5.74, 6) is -1.89. The van der Waals surface area contributed by atoms with E-state index in [4.69, 9.17) is 33.0 Å². The average Bonchev–Trinajstić information content (AvgIpc) is 2.83. The third-order valence-electron chi connectivity index (χ3n) is 3.72. The van der Waals surface area contributed by atoms with Crippen LogP contribution in [0.15, 0.2) is 23.1 Å². The van der Waals surface area contributed by atoms with Crippen LogP contribution in [0, 0.1) is 5.92 Å². The predicted octanol–water partition coefficient (Wildman–Crippen LogP) is 2.65. The maximum absolute atomic E-state index is 12.6. The fourth-order valence-electron chi connectivity index (χ4n) is 2.61. The van der Waals surface area contributed by atoms with E-state index in [0.29, 0.717) is 5.02 Å². The second kappa shape index (κ2) is 6.12. The topological polar surface area (TPSA) is 80.7 Å². The van der Waals surface area contributed by atoms with E-state index in [9.17, 15) is 13.2 Å². The van der Waals surface area contributed by atoms with Crippen LogP contribution in [0.1, 0.15) is 12.8 Å². The fraction of sp³-hybridized carbons (Fsp3) is 0.462. The van der Waals surface area contributed by atoms with Crippen molar-refractivity contribution in [3.63, 3.8) is 0 Å². The van der Waals surface area contributed by atoms with Crippen molar-refractivity contribution < 1.29 is 23.1 Å². The lowest BCUT2D eigenvalue weighted by Gasteiger charge is -2.13. The minimum Gasteiger partial charge on any atom is -0.481 e.